The van der Waals surface area contributed by atoms with Gasteiger partial charge >= 0.3 is 0 Å². The summed E-state index contributed by atoms with van der Waals surface area (Å²) in [5.74, 6) is 0.581. The predicted molar refractivity (Wildman–Crippen MR) is 132 cm³/mol. The van der Waals surface area contributed by atoms with Gasteiger partial charge in [0.05, 0.1) is 5.69 Å². The van der Waals surface area contributed by atoms with Crippen molar-refractivity contribution in [2.45, 2.75) is 12.6 Å². The predicted octanol–water partition coefficient (Wildman–Crippen LogP) is 5.49. The molecule has 6 rings (SSSR count). The van der Waals surface area contributed by atoms with Crippen molar-refractivity contribution in [1.29, 1.82) is 0 Å². The maximum absolute atomic E-state index is 14.0. The number of hydrogen-bond donors (Lipinski definition) is 1. The molecule has 1 N–H and O–H groups in total. The lowest BCUT2D eigenvalue weighted by atomic mass is 9.95. The summed E-state index contributed by atoms with van der Waals surface area (Å²) in [6.07, 6.45) is 0. The van der Waals surface area contributed by atoms with E-state index in [9.17, 15) is 4.79 Å². The Kier molecular flexibility index (Phi) is 4.30. The zero-order valence-corrected chi connectivity index (χ0v) is 18.1. The number of rotatable bonds is 3. The highest BCUT2D eigenvalue weighted by atomic mass is 16.2. The number of nitrogens with zero attached hydrogens (tertiary/aromatic N) is 3. The van der Waals surface area contributed by atoms with E-state index in [4.69, 9.17) is 5.10 Å². The van der Waals surface area contributed by atoms with Crippen molar-refractivity contribution in [1.82, 2.24) is 0 Å². The van der Waals surface area contributed by atoms with Crippen LogP contribution in [0.15, 0.2) is 114 Å². The summed E-state index contributed by atoms with van der Waals surface area (Å²) in [5, 5.41) is 10.1. The molecule has 2 heterocycles. The fraction of sp³-hybridized carbons (Fsp3) is 0.0714. The number of amides is 1. The quantitative estimate of drug-likeness (QED) is 0.468. The van der Waals surface area contributed by atoms with Gasteiger partial charge < -0.3 is 5.32 Å². The summed E-state index contributed by atoms with van der Waals surface area (Å²) in [5.41, 5.74) is 4.30. The number of para-hydroxylation sites is 2. The van der Waals surface area contributed by atoms with Gasteiger partial charge in [-0.1, -0.05) is 84.4 Å². The molecule has 1 atom stereocenters. The highest BCUT2D eigenvalue weighted by Gasteiger charge is 2.61. The second kappa shape index (κ2) is 7.35. The Bertz CT molecular complexity index is 1370. The highest BCUT2D eigenvalue weighted by molar-refractivity contribution is 6.22. The molecule has 33 heavy (non-hydrogen) atoms. The van der Waals surface area contributed by atoms with Gasteiger partial charge in [0.15, 0.2) is 5.84 Å². The van der Waals surface area contributed by atoms with Crippen molar-refractivity contribution in [2.75, 3.05) is 15.2 Å². The molecule has 1 amide bonds. The largest absolute Gasteiger partial charge is 0.322 e. The van der Waals surface area contributed by atoms with E-state index >= 15 is 0 Å². The van der Waals surface area contributed by atoms with Gasteiger partial charge in [0, 0.05) is 22.5 Å². The molecule has 160 valence electrons. The van der Waals surface area contributed by atoms with E-state index in [1.165, 1.54) is 0 Å². The number of aryl methyl sites for hydroxylation is 1. The van der Waals surface area contributed by atoms with Crippen LogP contribution in [0.5, 0.6) is 0 Å². The number of carbonyl (C=O) groups excluding carboxylic acids is 1. The average molecular weight is 431 g/mol. The molecule has 0 bridgehead atoms. The number of nitrogens with one attached hydrogen (secondary N) is 1. The Labute approximate surface area is 192 Å². The van der Waals surface area contributed by atoms with Gasteiger partial charge in [-0.2, -0.15) is 5.10 Å². The summed E-state index contributed by atoms with van der Waals surface area (Å²) in [6.45, 7) is 2.06. The Balaban J connectivity index is 1.68. The first-order chi connectivity index (χ1) is 16.2. The summed E-state index contributed by atoms with van der Waals surface area (Å²) in [7, 11) is 0. The van der Waals surface area contributed by atoms with Crippen LogP contribution in [-0.4, -0.2) is 11.7 Å². The van der Waals surface area contributed by atoms with Crippen LogP contribution in [-0.2, 0) is 10.5 Å². The lowest BCUT2D eigenvalue weighted by Gasteiger charge is -2.40. The van der Waals surface area contributed by atoms with Crippen LogP contribution in [0.25, 0.3) is 0 Å². The topological polar surface area (TPSA) is 47.9 Å². The van der Waals surface area contributed by atoms with Crippen molar-refractivity contribution in [3.05, 3.63) is 126 Å². The molecular weight excluding hydrogens is 408 g/mol. The third-order valence-electron chi connectivity index (χ3n) is 6.23. The first kappa shape index (κ1) is 19.3. The Hall–Kier alpha value is -4.38. The minimum Gasteiger partial charge on any atom is -0.322 e. The lowest BCUT2D eigenvalue weighted by Crippen LogP contribution is -2.58. The van der Waals surface area contributed by atoms with Gasteiger partial charge in [-0.25, -0.2) is 5.01 Å². The number of benzene rings is 4. The van der Waals surface area contributed by atoms with E-state index in [2.05, 4.69) is 41.4 Å². The second-order valence-corrected chi connectivity index (χ2v) is 8.28. The summed E-state index contributed by atoms with van der Waals surface area (Å²) in [6, 6.07) is 36.0. The zero-order chi connectivity index (χ0) is 22.4. The number of anilines is 3. The van der Waals surface area contributed by atoms with Crippen LogP contribution in [0, 0.1) is 6.92 Å². The summed E-state index contributed by atoms with van der Waals surface area (Å²) < 4.78 is 0. The maximum Gasteiger partial charge on any atom is 0.278 e. The van der Waals surface area contributed by atoms with E-state index in [1.807, 2.05) is 89.9 Å². The smallest absolute Gasteiger partial charge is 0.278 e. The van der Waals surface area contributed by atoms with Gasteiger partial charge in [-0.3, -0.25) is 9.69 Å². The van der Waals surface area contributed by atoms with Gasteiger partial charge in [0.2, 0.25) is 5.66 Å². The summed E-state index contributed by atoms with van der Waals surface area (Å²) in [4.78, 5) is 16.1. The van der Waals surface area contributed by atoms with Crippen LogP contribution in [0.1, 0.15) is 16.7 Å². The van der Waals surface area contributed by atoms with Gasteiger partial charge in [-0.15, -0.1) is 0 Å². The molecule has 0 fully saturated rings. The molecule has 0 radical (unpaired) electrons. The normalized spacial score (nSPS) is 18.9. The Morgan fingerprint density at radius 1 is 0.727 bits per heavy atom. The first-order valence-corrected chi connectivity index (χ1v) is 11.0. The monoisotopic (exact) mass is 430 g/mol. The third-order valence-corrected chi connectivity index (χ3v) is 6.23. The van der Waals surface area contributed by atoms with Crippen molar-refractivity contribution in [2.24, 2.45) is 5.10 Å². The van der Waals surface area contributed by atoms with Crippen molar-refractivity contribution < 1.29 is 4.79 Å². The molecule has 5 heteroatoms. The number of carbonyl (C=O) groups is 1. The molecule has 2 aliphatic heterocycles. The average Bonchev–Trinajstić information content (AvgIpc) is 3.37. The standard InChI is InChI=1S/C28H22N4O/c1-20-16-18-22(19-17-20)31-26(21-10-4-2-5-11-21)30-32(23-12-6-3-7-13-23)28(31)24-14-8-9-15-25(24)29-27(28)33/h2-19H,1H3,(H,29,33). The van der Waals surface area contributed by atoms with E-state index in [0.29, 0.717) is 0 Å². The Morgan fingerprint density at radius 2 is 1.36 bits per heavy atom. The van der Waals surface area contributed by atoms with Crippen LogP contribution in [0.3, 0.4) is 0 Å². The maximum atomic E-state index is 14.0. The lowest BCUT2D eigenvalue weighted by molar-refractivity contribution is -0.120. The van der Waals surface area contributed by atoms with Gasteiger partial charge in [0.25, 0.3) is 5.91 Å². The number of hydrogen-bond acceptors (Lipinski definition) is 4. The molecule has 4 aromatic rings. The van der Waals surface area contributed by atoms with Gasteiger partial charge in [0.1, 0.15) is 0 Å². The molecular formula is C28H22N4O. The van der Waals surface area contributed by atoms with E-state index < -0.39 is 5.66 Å². The summed E-state index contributed by atoms with van der Waals surface area (Å²) >= 11 is 0. The third kappa shape index (κ3) is 2.79. The first-order valence-electron chi connectivity index (χ1n) is 11.0. The molecule has 5 nitrogen and oxygen atoms in total. The molecule has 1 unspecified atom stereocenters. The second-order valence-electron chi connectivity index (χ2n) is 8.28. The van der Waals surface area contributed by atoms with E-state index in [1.54, 1.807) is 0 Å². The van der Waals surface area contributed by atoms with Gasteiger partial charge in [-0.05, 0) is 37.3 Å². The molecule has 0 saturated carbocycles. The molecule has 1 spiro atoms. The van der Waals surface area contributed by atoms with Crippen LogP contribution in [0.2, 0.25) is 0 Å². The fourth-order valence-corrected chi connectivity index (χ4v) is 4.71. The van der Waals surface area contributed by atoms with E-state index in [-0.39, 0.29) is 5.91 Å². The van der Waals surface area contributed by atoms with Crippen molar-refractivity contribution in [3.63, 3.8) is 0 Å². The van der Waals surface area contributed by atoms with Crippen LogP contribution < -0.4 is 15.2 Å². The zero-order valence-electron chi connectivity index (χ0n) is 18.1. The van der Waals surface area contributed by atoms with Crippen LogP contribution in [0.4, 0.5) is 17.1 Å². The number of fused-ring (bicyclic) bond motifs is 2. The van der Waals surface area contributed by atoms with Crippen molar-refractivity contribution >= 4 is 28.8 Å². The number of hydrazone groups is 1. The SMILES string of the molecule is Cc1ccc(N2C(c3ccccc3)=NN(c3ccccc3)C23C(=O)Nc2ccccc23)cc1. The molecule has 2 aliphatic rings. The Morgan fingerprint density at radius 3 is 2.09 bits per heavy atom. The fourth-order valence-electron chi connectivity index (χ4n) is 4.71. The molecule has 0 aliphatic carbocycles. The minimum absolute atomic E-state index is 0.136. The molecule has 4 aromatic carbocycles. The number of amidine groups is 1. The highest BCUT2D eigenvalue weighted by Crippen LogP contribution is 2.50. The van der Waals surface area contributed by atoms with E-state index in [0.717, 1.165) is 39.6 Å². The van der Waals surface area contributed by atoms with Crippen LogP contribution >= 0.6 is 0 Å². The minimum atomic E-state index is -1.20. The molecule has 0 aromatic heterocycles. The molecule has 0 saturated heterocycles. The van der Waals surface area contributed by atoms with Crippen molar-refractivity contribution in [3.8, 4) is 0 Å².